The summed E-state index contributed by atoms with van der Waals surface area (Å²) < 4.78 is 12.1. The molecule has 0 spiro atoms. The van der Waals surface area contributed by atoms with Gasteiger partial charge in [-0.3, -0.25) is 4.90 Å². The van der Waals surface area contributed by atoms with E-state index in [-0.39, 0.29) is 5.63 Å². The zero-order valence-electron chi connectivity index (χ0n) is 17.5. The van der Waals surface area contributed by atoms with Crippen LogP contribution in [0.15, 0.2) is 39.5 Å². The molecule has 154 valence electrons. The molecule has 4 nitrogen and oxygen atoms in total. The Labute approximate surface area is 176 Å². The number of aryl methyl sites for hydroxylation is 3. The summed E-state index contributed by atoms with van der Waals surface area (Å²) >= 11 is 0. The fourth-order valence-electron chi connectivity index (χ4n) is 5.83. The van der Waals surface area contributed by atoms with Crippen molar-refractivity contribution in [3.8, 4) is 5.75 Å². The van der Waals surface area contributed by atoms with Gasteiger partial charge in [0.25, 0.3) is 0 Å². The van der Waals surface area contributed by atoms with Crippen LogP contribution in [0.3, 0.4) is 0 Å². The van der Waals surface area contributed by atoms with Gasteiger partial charge in [-0.15, -0.1) is 0 Å². The number of hydrogen-bond acceptors (Lipinski definition) is 4. The van der Waals surface area contributed by atoms with Crippen molar-refractivity contribution in [2.75, 3.05) is 6.73 Å². The van der Waals surface area contributed by atoms with Crippen molar-refractivity contribution in [1.82, 2.24) is 4.90 Å². The first kappa shape index (κ1) is 18.2. The van der Waals surface area contributed by atoms with Gasteiger partial charge >= 0.3 is 5.63 Å². The number of fused-ring (bicyclic) bond motifs is 5. The minimum Gasteiger partial charge on any atom is -0.477 e. The quantitative estimate of drug-likeness (QED) is 0.525. The molecule has 2 aromatic carbocycles. The average Bonchev–Trinajstić information content (AvgIpc) is 2.79. The topological polar surface area (TPSA) is 42.7 Å². The molecule has 4 heteroatoms. The number of hydrogen-bond donors (Lipinski definition) is 0. The fourth-order valence-corrected chi connectivity index (χ4v) is 5.83. The molecule has 0 bridgehead atoms. The van der Waals surface area contributed by atoms with Crippen LogP contribution in [-0.4, -0.2) is 11.6 Å². The Kier molecular flexibility index (Phi) is 4.24. The van der Waals surface area contributed by atoms with Crippen LogP contribution < -0.4 is 10.4 Å². The van der Waals surface area contributed by atoms with Gasteiger partial charge in [0.05, 0.1) is 0 Å². The van der Waals surface area contributed by atoms with Crippen molar-refractivity contribution in [3.63, 3.8) is 0 Å². The summed E-state index contributed by atoms with van der Waals surface area (Å²) in [4.78, 5) is 15.0. The predicted molar refractivity (Wildman–Crippen MR) is 117 cm³/mol. The number of ether oxygens (including phenoxy) is 1. The molecule has 0 radical (unpaired) electrons. The number of rotatable bonds is 1. The highest BCUT2D eigenvalue weighted by atomic mass is 16.5. The first-order chi connectivity index (χ1) is 14.7. The van der Waals surface area contributed by atoms with Crippen LogP contribution in [0, 0.1) is 6.92 Å². The maximum Gasteiger partial charge on any atom is 0.339 e. The molecule has 0 fully saturated rings. The molecule has 1 aliphatic heterocycles. The van der Waals surface area contributed by atoms with Gasteiger partial charge in [0.2, 0.25) is 0 Å². The van der Waals surface area contributed by atoms with E-state index < -0.39 is 0 Å². The minimum atomic E-state index is -0.156. The molecule has 0 amide bonds. The Hall–Kier alpha value is -2.59. The molecule has 2 heterocycles. The normalized spacial score (nSPS) is 20.9. The lowest BCUT2D eigenvalue weighted by molar-refractivity contribution is 0.0475. The Bertz CT molecular complexity index is 1210. The lowest BCUT2D eigenvalue weighted by Crippen LogP contribution is -2.37. The maximum atomic E-state index is 12.6. The molecule has 30 heavy (non-hydrogen) atoms. The summed E-state index contributed by atoms with van der Waals surface area (Å²) in [6.45, 7) is 3.48. The second-order valence-electron chi connectivity index (χ2n) is 9.05. The van der Waals surface area contributed by atoms with Crippen LogP contribution in [0.2, 0.25) is 0 Å². The molecule has 2 aliphatic carbocycles. The van der Waals surface area contributed by atoms with Crippen LogP contribution in [0.1, 0.15) is 65.1 Å². The Morgan fingerprint density at radius 3 is 2.73 bits per heavy atom. The van der Waals surface area contributed by atoms with Crippen LogP contribution in [0.25, 0.3) is 11.0 Å². The van der Waals surface area contributed by atoms with Crippen molar-refractivity contribution >= 4 is 11.0 Å². The highest BCUT2D eigenvalue weighted by Crippen LogP contribution is 2.41. The lowest BCUT2D eigenvalue weighted by atomic mass is 9.86. The smallest absolute Gasteiger partial charge is 0.339 e. The zero-order chi connectivity index (χ0) is 20.2. The first-order valence-electron chi connectivity index (χ1n) is 11.3. The van der Waals surface area contributed by atoms with Gasteiger partial charge in [0.1, 0.15) is 18.1 Å². The molecule has 0 saturated carbocycles. The van der Waals surface area contributed by atoms with E-state index in [4.69, 9.17) is 9.15 Å². The third kappa shape index (κ3) is 2.73. The summed E-state index contributed by atoms with van der Waals surface area (Å²) in [6, 6.07) is 11.5. The number of nitrogens with zero attached hydrogens (tertiary/aromatic N) is 1. The van der Waals surface area contributed by atoms with Crippen LogP contribution in [-0.2, 0) is 25.8 Å². The molecule has 6 rings (SSSR count). The SMILES string of the molecule is Cc1c2c(cc3c4c(c(=O)oc13)CCCC4)CN(C1CCCc3ccccc31)CO2. The molecule has 0 saturated heterocycles. The van der Waals surface area contributed by atoms with Crippen LogP contribution in [0.4, 0.5) is 0 Å². The standard InChI is InChI=1S/C26H27NO3/c1-16-24-18(13-22-20-10-4-5-11-21(20)26(28)30-25(16)22)14-27(15-29-24)23-12-6-8-17-7-2-3-9-19(17)23/h2-3,7,9,13,23H,4-6,8,10-12,14-15H2,1H3. The molecular weight excluding hydrogens is 374 g/mol. The molecular formula is C26H27NO3. The van der Waals surface area contributed by atoms with Crippen molar-refractivity contribution < 1.29 is 9.15 Å². The van der Waals surface area contributed by atoms with E-state index in [1.165, 1.54) is 41.5 Å². The second-order valence-corrected chi connectivity index (χ2v) is 9.05. The molecule has 1 atom stereocenters. The van der Waals surface area contributed by atoms with Crippen LogP contribution in [0.5, 0.6) is 5.75 Å². The molecule has 1 unspecified atom stereocenters. The predicted octanol–water partition coefficient (Wildman–Crippen LogP) is 5.21. The fraction of sp³-hybridized carbons (Fsp3) is 0.423. The Morgan fingerprint density at radius 2 is 1.83 bits per heavy atom. The van der Waals surface area contributed by atoms with E-state index in [1.54, 1.807) is 0 Å². The highest BCUT2D eigenvalue weighted by molar-refractivity contribution is 5.87. The summed E-state index contributed by atoms with van der Waals surface area (Å²) in [5.74, 6) is 0.904. The molecule has 3 aliphatic rings. The summed E-state index contributed by atoms with van der Waals surface area (Å²) in [7, 11) is 0. The van der Waals surface area contributed by atoms with Gasteiger partial charge in [-0.2, -0.15) is 0 Å². The van der Waals surface area contributed by atoms with Crippen molar-refractivity contribution in [2.24, 2.45) is 0 Å². The van der Waals surface area contributed by atoms with Gasteiger partial charge in [0.15, 0.2) is 0 Å². The lowest BCUT2D eigenvalue weighted by Gasteiger charge is -2.39. The number of benzene rings is 2. The van der Waals surface area contributed by atoms with Gasteiger partial charge in [-0.25, -0.2) is 4.79 Å². The average molecular weight is 402 g/mol. The minimum absolute atomic E-state index is 0.156. The Balaban J connectivity index is 1.44. The van der Waals surface area contributed by atoms with E-state index in [1.807, 2.05) is 6.92 Å². The zero-order valence-corrected chi connectivity index (χ0v) is 17.5. The third-order valence-corrected chi connectivity index (χ3v) is 7.30. The van der Waals surface area contributed by atoms with Crippen molar-refractivity contribution in [3.05, 3.63) is 74.1 Å². The maximum absolute atomic E-state index is 12.6. The largest absolute Gasteiger partial charge is 0.477 e. The molecule has 1 aromatic heterocycles. The Morgan fingerprint density at radius 1 is 1.00 bits per heavy atom. The first-order valence-corrected chi connectivity index (χ1v) is 11.3. The van der Waals surface area contributed by atoms with E-state index >= 15 is 0 Å². The van der Waals surface area contributed by atoms with E-state index in [9.17, 15) is 4.79 Å². The van der Waals surface area contributed by atoms with Crippen LogP contribution >= 0.6 is 0 Å². The van der Waals surface area contributed by atoms with Crippen molar-refractivity contribution in [2.45, 2.75) is 64.5 Å². The molecule has 0 N–H and O–H groups in total. The van der Waals surface area contributed by atoms with Gasteiger partial charge < -0.3 is 9.15 Å². The monoisotopic (exact) mass is 401 g/mol. The second kappa shape index (κ2) is 6.98. The van der Waals surface area contributed by atoms with Gasteiger partial charge in [-0.05, 0) is 74.6 Å². The van der Waals surface area contributed by atoms with E-state index in [2.05, 4.69) is 35.2 Å². The molecule has 3 aromatic rings. The van der Waals surface area contributed by atoms with E-state index in [0.717, 1.165) is 60.1 Å². The summed E-state index contributed by atoms with van der Waals surface area (Å²) in [5, 5.41) is 1.12. The van der Waals surface area contributed by atoms with Gasteiger partial charge in [-0.1, -0.05) is 24.3 Å². The van der Waals surface area contributed by atoms with Crippen molar-refractivity contribution in [1.29, 1.82) is 0 Å². The summed E-state index contributed by atoms with van der Waals surface area (Å²) in [5.41, 5.74) is 7.78. The highest BCUT2D eigenvalue weighted by Gasteiger charge is 2.31. The van der Waals surface area contributed by atoms with E-state index in [0.29, 0.717) is 12.8 Å². The summed E-state index contributed by atoms with van der Waals surface area (Å²) in [6.07, 6.45) is 7.59. The third-order valence-electron chi connectivity index (χ3n) is 7.30. The van der Waals surface area contributed by atoms with Gasteiger partial charge in [0, 0.05) is 34.7 Å².